The number of halogens is 2. The second-order valence-corrected chi connectivity index (χ2v) is 7.98. The molecule has 0 saturated heterocycles. The molecule has 3 rings (SSSR count). The van der Waals surface area contributed by atoms with Gasteiger partial charge in [-0.05, 0) is 48.7 Å². The van der Waals surface area contributed by atoms with Gasteiger partial charge >= 0.3 is 0 Å². The van der Waals surface area contributed by atoms with E-state index in [2.05, 4.69) is 5.32 Å². The van der Waals surface area contributed by atoms with Crippen LogP contribution in [0.15, 0.2) is 40.1 Å². The van der Waals surface area contributed by atoms with E-state index in [1.165, 1.54) is 6.07 Å². The van der Waals surface area contributed by atoms with Gasteiger partial charge in [-0.1, -0.05) is 41.4 Å². The van der Waals surface area contributed by atoms with Gasteiger partial charge in [0.15, 0.2) is 0 Å². The van der Waals surface area contributed by atoms with Crippen molar-refractivity contribution in [2.24, 2.45) is 0 Å². The summed E-state index contributed by atoms with van der Waals surface area (Å²) in [5.41, 5.74) is 2.64. The van der Waals surface area contributed by atoms with Crippen molar-refractivity contribution < 1.29 is 8.42 Å². The average Bonchev–Trinajstić information content (AvgIpc) is 2.52. The van der Waals surface area contributed by atoms with Crippen molar-refractivity contribution in [2.75, 3.05) is 6.54 Å². The molecule has 1 aliphatic rings. The lowest BCUT2D eigenvalue weighted by Gasteiger charge is -2.20. The highest BCUT2D eigenvalue weighted by molar-refractivity contribution is 7.91. The number of fused-ring (bicyclic) bond motifs is 1. The lowest BCUT2D eigenvalue weighted by Crippen LogP contribution is -2.25. The van der Waals surface area contributed by atoms with Crippen LogP contribution in [0.4, 0.5) is 0 Å². The van der Waals surface area contributed by atoms with Crippen molar-refractivity contribution in [3.05, 3.63) is 57.1 Å². The van der Waals surface area contributed by atoms with E-state index < -0.39 is 9.84 Å². The van der Waals surface area contributed by atoms with E-state index in [0.29, 0.717) is 17.9 Å². The highest BCUT2D eigenvalue weighted by atomic mass is 35.5. The van der Waals surface area contributed by atoms with Crippen LogP contribution < -0.4 is 5.32 Å². The molecule has 0 unspecified atom stereocenters. The molecule has 0 fully saturated rings. The summed E-state index contributed by atoms with van der Waals surface area (Å²) in [6.45, 7) is 3.24. The number of nitrogens with one attached hydrogen (secondary N) is 1. The Balaban J connectivity index is 2.22. The molecule has 0 aliphatic carbocycles. The molecule has 0 spiro atoms. The molecule has 116 valence electrons. The first kappa shape index (κ1) is 15.8. The molecule has 0 radical (unpaired) electrons. The number of sulfone groups is 1. The summed E-state index contributed by atoms with van der Waals surface area (Å²) in [4.78, 5) is 0.394. The van der Waals surface area contributed by atoms with Crippen molar-refractivity contribution >= 4 is 33.0 Å². The molecule has 1 N–H and O–H groups in total. The third kappa shape index (κ3) is 2.54. The van der Waals surface area contributed by atoms with E-state index in [-0.39, 0.29) is 14.9 Å². The molecule has 0 atom stereocenters. The first-order valence-corrected chi connectivity index (χ1v) is 9.18. The molecule has 2 aromatic rings. The zero-order valence-electron chi connectivity index (χ0n) is 12.0. The minimum atomic E-state index is -3.69. The van der Waals surface area contributed by atoms with Crippen LogP contribution in [0.5, 0.6) is 0 Å². The first-order chi connectivity index (χ1) is 10.4. The maximum absolute atomic E-state index is 13.0. The quantitative estimate of drug-likeness (QED) is 0.891. The summed E-state index contributed by atoms with van der Waals surface area (Å²) in [6.07, 6.45) is 0.682. The van der Waals surface area contributed by atoms with Gasteiger partial charge in [0.1, 0.15) is 0 Å². The van der Waals surface area contributed by atoms with Crippen molar-refractivity contribution in [1.29, 1.82) is 0 Å². The molecule has 22 heavy (non-hydrogen) atoms. The van der Waals surface area contributed by atoms with E-state index in [0.717, 1.165) is 23.2 Å². The predicted octanol–water partition coefficient (Wildman–Crippen LogP) is 3.78. The summed E-state index contributed by atoms with van der Waals surface area (Å²) in [5.74, 6) is 0. The summed E-state index contributed by atoms with van der Waals surface area (Å²) in [5, 5.41) is 3.62. The van der Waals surface area contributed by atoms with E-state index in [1.54, 1.807) is 25.1 Å². The third-order valence-electron chi connectivity index (χ3n) is 3.92. The van der Waals surface area contributed by atoms with Gasteiger partial charge in [0.05, 0.1) is 19.8 Å². The average molecular weight is 356 g/mol. The zero-order chi connectivity index (χ0) is 15.9. The monoisotopic (exact) mass is 355 g/mol. The van der Waals surface area contributed by atoms with Crippen LogP contribution in [0.25, 0.3) is 0 Å². The Morgan fingerprint density at radius 3 is 2.59 bits per heavy atom. The lowest BCUT2D eigenvalue weighted by atomic mass is 10.0. The van der Waals surface area contributed by atoms with E-state index in [9.17, 15) is 8.42 Å². The molecule has 3 nitrogen and oxygen atoms in total. The molecular formula is C16H15Cl2NO2S. The second-order valence-electron chi connectivity index (χ2n) is 5.33. The highest BCUT2D eigenvalue weighted by Gasteiger charge is 2.27. The Morgan fingerprint density at radius 1 is 1.05 bits per heavy atom. The third-order valence-corrected chi connectivity index (χ3v) is 6.89. The molecule has 2 aromatic carbocycles. The summed E-state index contributed by atoms with van der Waals surface area (Å²) in [6, 6.07) is 8.56. The molecule has 1 heterocycles. The molecule has 0 amide bonds. The van der Waals surface area contributed by atoms with Crippen LogP contribution in [0.2, 0.25) is 10.0 Å². The lowest BCUT2D eigenvalue weighted by molar-refractivity contribution is 0.589. The fourth-order valence-electron chi connectivity index (χ4n) is 2.70. The van der Waals surface area contributed by atoms with Crippen molar-refractivity contribution in [2.45, 2.75) is 29.7 Å². The van der Waals surface area contributed by atoms with Gasteiger partial charge in [0.25, 0.3) is 0 Å². The van der Waals surface area contributed by atoms with Crippen molar-refractivity contribution in [1.82, 2.24) is 5.32 Å². The smallest absolute Gasteiger partial charge is 0.208 e. The van der Waals surface area contributed by atoms with Crippen LogP contribution in [-0.2, 0) is 22.8 Å². The van der Waals surface area contributed by atoms with Crippen LogP contribution >= 0.6 is 23.2 Å². The number of rotatable bonds is 2. The minimum absolute atomic E-state index is 0.0664. The minimum Gasteiger partial charge on any atom is -0.312 e. The van der Waals surface area contributed by atoms with Gasteiger partial charge in [0.2, 0.25) is 9.84 Å². The molecule has 0 aromatic heterocycles. The van der Waals surface area contributed by atoms with Crippen LogP contribution in [0.1, 0.15) is 16.7 Å². The van der Waals surface area contributed by atoms with E-state index in [4.69, 9.17) is 23.2 Å². The van der Waals surface area contributed by atoms with E-state index >= 15 is 0 Å². The highest BCUT2D eigenvalue weighted by Crippen LogP contribution is 2.36. The van der Waals surface area contributed by atoms with Crippen molar-refractivity contribution in [3.63, 3.8) is 0 Å². The topological polar surface area (TPSA) is 46.2 Å². The van der Waals surface area contributed by atoms with Gasteiger partial charge in [-0.2, -0.15) is 0 Å². The maximum Gasteiger partial charge on any atom is 0.208 e. The normalized spacial score (nSPS) is 14.7. The molecule has 0 saturated carbocycles. The van der Waals surface area contributed by atoms with Gasteiger partial charge < -0.3 is 5.32 Å². The fraction of sp³-hybridized carbons (Fsp3) is 0.250. The van der Waals surface area contributed by atoms with Crippen molar-refractivity contribution in [3.8, 4) is 0 Å². The first-order valence-electron chi connectivity index (χ1n) is 6.94. The summed E-state index contributed by atoms with van der Waals surface area (Å²) < 4.78 is 26.1. The molecular weight excluding hydrogens is 341 g/mol. The van der Waals surface area contributed by atoms with Gasteiger partial charge in [-0.25, -0.2) is 8.42 Å². The number of hydrogen-bond donors (Lipinski definition) is 1. The van der Waals surface area contributed by atoms with Gasteiger partial charge in [-0.15, -0.1) is 0 Å². The Bertz CT molecular complexity index is 847. The molecule has 6 heteroatoms. The fourth-order valence-corrected chi connectivity index (χ4v) is 5.08. The number of aryl methyl sites for hydroxylation is 1. The summed E-state index contributed by atoms with van der Waals surface area (Å²) in [7, 11) is -3.69. The Kier molecular flexibility index (Phi) is 4.21. The van der Waals surface area contributed by atoms with Crippen LogP contribution in [-0.4, -0.2) is 15.0 Å². The van der Waals surface area contributed by atoms with Crippen LogP contribution in [0.3, 0.4) is 0 Å². The number of benzene rings is 2. The number of hydrogen-bond acceptors (Lipinski definition) is 3. The van der Waals surface area contributed by atoms with Gasteiger partial charge in [-0.3, -0.25) is 0 Å². The SMILES string of the molecule is Cc1ccc(S(=O)(=O)c2cccc3c2CCNC3)c(Cl)c1Cl. The Hall–Kier alpha value is -1.07. The van der Waals surface area contributed by atoms with Gasteiger partial charge in [0, 0.05) is 6.54 Å². The largest absolute Gasteiger partial charge is 0.312 e. The zero-order valence-corrected chi connectivity index (χ0v) is 14.3. The Labute approximate surface area is 140 Å². The maximum atomic E-state index is 13.0. The predicted molar refractivity (Wildman–Crippen MR) is 88.5 cm³/mol. The summed E-state index contributed by atoms with van der Waals surface area (Å²) >= 11 is 12.3. The Morgan fingerprint density at radius 2 is 1.82 bits per heavy atom. The van der Waals surface area contributed by atoms with E-state index in [1.807, 2.05) is 6.07 Å². The molecule has 0 bridgehead atoms. The molecule has 1 aliphatic heterocycles. The second kappa shape index (κ2) is 5.85. The van der Waals surface area contributed by atoms with Crippen LogP contribution in [0, 0.1) is 6.92 Å². The standard InChI is InChI=1S/C16H15Cl2NO2S/c1-10-5-6-14(16(18)15(10)17)22(20,21)13-4-2-3-11-9-19-8-7-12(11)13/h2-6,19H,7-9H2,1H3.